The van der Waals surface area contributed by atoms with Gasteiger partial charge in [0.05, 0.1) is 18.2 Å². The lowest BCUT2D eigenvalue weighted by Crippen LogP contribution is -2.14. The predicted octanol–water partition coefficient (Wildman–Crippen LogP) is 0.00910. The van der Waals surface area contributed by atoms with Crippen LogP contribution in [0.2, 0.25) is 0 Å². The van der Waals surface area contributed by atoms with Gasteiger partial charge in [0.1, 0.15) is 0 Å². The number of nitrogens with zero attached hydrogens (tertiary/aromatic N) is 3. The zero-order chi connectivity index (χ0) is 12.5. The molecule has 0 aliphatic carbocycles. The van der Waals surface area contributed by atoms with Gasteiger partial charge in [-0.2, -0.15) is 13.5 Å². The van der Waals surface area contributed by atoms with Crippen molar-refractivity contribution in [2.24, 2.45) is 0 Å². The first-order chi connectivity index (χ1) is 8.03. The smallest absolute Gasteiger partial charge is 0.282 e. The number of H-pyrrole nitrogens is 1. The molecule has 0 atom stereocenters. The molecule has 0 bridgehead atoms. The third-order valence-corrected chi connectivity index (χ3v) is 3.39. The van der Waals surface area contributed by atoms with E-state index in [1.54, 1.807) is 4.57 Å². The molecule has 0 aliphatic heterocycles. The van der Waals surface area contributed by atoms with Crippen molar-refractivity contribution in [3.8, 4) is 0 Å². The summed E-state index contributed by atoms with van der Waals surface area (Å²) < 4.78 is 27.7. The quantitative estimate of drug-likeness (QED) is 0.712. The van der Waals surface area contributed by atoms with E-state index >= 15 is 0 Å². The van der Waals surface area contributed by atoms with E-state index in [-0.39, 0.29) is 16.5 Å². The Kier molecular flexibility index (Phi) is 2.76. The Morgan fingerprint density at radius 3 is 2.88 bits per heavy atom. The summed E-state index contributed by atoms with van der Waals surface area (Å²) in [5.74, 6) is 0.135. The van der Waals surface area contributed by atoms with Crippen LogP contribution in [0, 0.1) is 0 Å². The minimum Gasteiger partial charge on any atom is -0.394 e. The summed E-state index contributed by atoms with van der Waals surface area (Å²) >= 11 is 0. The number of aryl methyl sites for hydroxylation is 1. The number of hydrogen-bond acceptors (Lipinski definition) is 5. The average molecular weight is 256 g/mol. The molecule has 0 aromatic carbocycles. The maximum atomic E-state index is 11.9. The van der Waals surface area contributed by atoms with Gasteiger partial charge in [-0.05, 0) is 6.92 Å². The lowest BCUT2D eigenvalue weighted by molar-refractivity contribution is 0.597. The second-order valence-electron chi connectivity index (χ2n) is 3.35. The molecule has 0 aliphatic rings. The SMILES string of the molecule is CCn1cnc(S(=O)(=O)Nc2[nH]ncc2N)c1. The molecule has 0 amide bonds. The Bertz CT molecular complexity index is 614. The van der Waals surface area contributed by atoms with Crippen molar-refractivity contribution in [3.63, 3.8) is 0 Å². The van der Waals surface area contributed by atoms with Crippen molar-refractivity contribution in [2.45, 2.75) is 18.5 Å². The fourth-order valence-corrected chi connectivity index (χ4v) is 2.21. The predicted molar refractivity (Wildman–Crippen MR) is 61.7 cm³/mol. The zero-order valence-electron chi connectivity index (χ0n) is 9.08. The molecular weight excluding hydrogens is 244 g/mol. The minimum absolute atomic E-state index is 0.0617. The Morgan fingerprint density at radius 1 is 1.59 bits per heavy atom. The van der Waals surface area contributed by atoms with Crippen LogP contribution in [-0.2, 0) is 16.6 Å². The van der Waals surface area contributed by atoms with Gasteiger partial charge in [-0.3, -0.25) is 9.82 Å². The molecule has 0 saturated carbocycles. The van der Waals surface area contributed by atoms with E-state index in [1.807, 2.05) is 6.92 Å². The van der Waals surface area contributed by atoms with Crippen molar-refractivity contribution in [1.82, 2.24) is 19.7 Å². The molecule has 4 N–H and O–H groups in total. The van der Waals surface area contributed by atoms with Crippen LogP contribution in [0.1, 0.15) is 6.92 Å². The van der Waals surface area contributed by atoms with Crippen LogP contribution in [0.3, 0.4) is 0 Å². The molecule has 92 valence electrons. The number of rotatable bonds is 4. The lowest BCUT2D eigenvalue weighted by atomic mass is 10.6. The molecule has 0 saturated heterocycles. The van der Waals surface area contributed by atoms with Crippen LogP contribution >= 0.6 is 0 Å². The first kappa shape index (κ1) is 11.5. The number of imidazole rings is 1. The highest BCUT2D eigenvalue weighted by atomic mass is 32.2. The number of aromatic amines is 1. The van der Waals surface area contributed by atoms with Crippen LogP contribution in [0.25, 0.3) is 0 Å². The van der Waals surface area contributed by atoms with Gasteiger partial charge in [-0.1, -0.05) is 0 Å². The Morgan fingerprint density at radius 2 is 2.35 bits per heavy atom. The summed E-state index contributed by atoms with van der Waals surface area (Å²) in [6.45, 7) is 2.53. The monoisotopic (exact) mass is 256 g/mol. The van der Waals surface area contributed by atoms with Crippen LogP contribution in [-0.4, -0.2) is 28.2 Å². The molecule has 8 nitrogen and oxygen atoms in total. The standard InChI is InChI=1S/C8H12N6O2S/c1-2-14-4-7(10-5-14)17(15,16)13-8-6(9)3-11-12-8/h3-5H,2,9H2,1H3,(H2,11,12,13). The maximum Gasteiger partial charge on any atom is 0.282 e. The summed E-state index contributed by atoms with van der Waals surface area (Å²) in [7, 11) is -3.73. The van der Waals surface area contributed by atoms with E-state index in [1.165, 1.54) is 18.7 Å². The number of hydrogen-bond donors (Lipinski definition) is 3. The lowest BCUT2D eigenvalue weighted by Gasteiger charge is -2.03. The van der Waals surface area contributed by atoms with Gasteiger partial charge in [-0.25, -0.2) is 4.98 Å². The van der Waals surface area contributed by atoms with Crippen LogP contribution in [0.5, 0.6) is 0 Å². The molecule has 0 spiro atoms. The largest absolute Gasteiger partial charge is 0.394 e. The Balaban J connectivity index is 2.28. The topological polar surface area (TPSA) is 119 Å². The van der Waals surface area contributed by atoms with E-state index < -0.39 is 10.0 Å². The molecular formula is C8H12N6O2S. The highest BCUT2D eigenvalue weighted by Gasteiger charge is 2.19. The number of sulfonamides is 1. The van der Waals surface area contributed by atoms with Gasteiger partial charge < -0.3 is 10.3 Å². The highest BCUT2D eigenvalue weighted by molar-refractivity contribution is 7.92. The second-order valence-corrected chi connectivity index (χ2v) is 4.98. The number of anilines is 2. The molecule has 2 aromatic rings. The van der Waals surface area contributed by atoms with Crippen molar-refractivity contribution >= 4 is 21.5 Å². The van der Waals surface area contributed by atoms with E-state index in [0.717, 1.165) is 0 Å². The van der Waals surface area contributed by atoms with Crippen LogP contribution in [0.4, 0.5) is 11.5 Å². The molecule has 0 unspecified atom stereocenters. The Hall–Kier alpha value is -2.03. The van der Waals surface area contributed by atoms with Gasteiger partial charge in [0.2, 0.25) is 0 Å². The Labute approximate surface area is 97.9 Å². The minimum atomic E-state index is -3.73. The van der Waals surface area contributed by atoms with Crippen molar-refractivity contribution in [1.29, 1.82) is 0 Å². The van der Waals surface area contributed by atoms with Gasteiger partial charge in [-0.15, -0.1) is 0 Å². The molecule has 0 fully saturated rings. The van der Waals surface area contributed by atoms with Crippen molar-refractivity contribution in [2.75, 3.05) is 10.5 Å². The van der Waals surface area contributed by atoms with Crippen LogP contribution in [0.15, 0.2) is 23.7 Å². The molecule has 2 heterocycles. The third kappa shape index (κ3) is 2.23. The van der Waals surface area contributed by atoms with Gasteiger partial charge >= 0.3 is 0 Å². The van der Waals surface area contributed by atoms with Gasteiger partial charge in [0.15, 0.2) is 10.8 Å². The van der Waals surface area contributed by atoms with E-state index in [4.69, 9.17) is 5.73 Å². The summed E-state index contributed by atoms with van der Waals surface area (Å²) in [6, 6.07) is 0. The fourth-order valence-electron chi connectivity index (χ4n) is 1.22. The molecule has 17 heavy (non-hydrogen) atoms. The number of nitrogens with two attached hydrogens (primary N) is 1. The van der Waals surface area contributed by atoms with Gasteiger partial charge in [0, 0.05) is 12.7 Å². The first-order valence-electron chi connectivity index (χ1n) is 4.86. The summed E-state index contributed by atoms with van der Waals surface area (Å²) in [6.07, 6.45) is 4.21. The molecule has 0 radical (unpaired) electrons. The fraction of sp³-hybridized carbons (Fsp3) is 0.250. The molecule has 9 heteroatoms. The van der Waals surface area contributed by atoms with E-state index in [0.29, 0.717) is 6.54 Å². The third-order valence-electron chi connectivity index (χ3n) is 2.16. The summed E-state index contributed by atoms with van der Waals surface area (Å²) in [4.78, 5) is 3.81. The first-order valence-corrected chi connectivity index (χ1v) is 6.34. The normalized spacial score (nSPS) is 11.6. The molecule has 2 aromatic heterocycles. The van der Waals surface area contributed by atoms with Gasteiger partial charge in [0.25, 0.3) is 10.0 Å². The average Bonchev–Trinajstić information content (AvgIpc) is 2.88. The van der Waals surface area contributed by atoms with Crippen molar-refractivity contribution < 1.29 is 8.42 Å². The second kappa shape index (κ2) is 4.09. The van der Waals surface area contributed by atoms with E-state index in [9.17, 15) is 8.42 Å². The summed E-state index contributed by atoms with van der Waals surface area (Å²) in [5.41, 5.74) is 5.74. The van der Waals surface area contributed by atoms with Crippen molar-refractivity contribution in [3.05, 3.63) is 18.7 Å². The number of aromatic nitrogens is 4. The number of nitrogen functional groups attached to an aromatic ring is 1. The zero-order valence-corrected chi connectivity index (χ0v) is 9.90. The van der Waals surface area contributed by atoms with E-state index in [2.05, 4.69) is 19.9 Å². The molecule has 2 rings (SSSR count). The number of nitrogens with one attached hydrogen (secondary N) is 2. The highest BCUT2D eigenvalue weighted by Crippen LogP contribution is 2.17. The summed E-state index contributed by atoms with van der Waals surface area (Å²) in [5, 5.41) is 6.01. The van der Waals surface area contributed by atoms with Crippen LogP contribution < -0.4 is 10.5 Å². The maximum absolute atomic E-state index is 11.9.